The minimum atomic E-state index is -3.51. The summed E-state index contributed by atoms with van der Waals surface area (Å²) in [5, 5.41) is 0. The molecule has 2 rings (SSSR count). The topological polar surface area (TPSA) is 40.6 Å². The predicted molar refractivity (Wildman–Crippen MR) is 71.9 cm³/mol. The first-order valence-corrected chi connectivity index (χ1v) is 7.85. The lowest BCUT2D eigenvalue weighted by molar-refractivity contribution is 0.144. The Morgan fingerprint density at radius 2 is 1.89 bits per heavy atom. The Balaban J connectivity index is 2.23. The van der Waals surface area contributed by atoms with Crippen LogP contribution in [0.2, 0.25) is 0 Å². The first-order valence-electron chi connectivity index (χ1n) is 6.41. The van der Waals surface area contributed by atoms with Gasteiger partial charge >= 0.3 is 0 Å². The number of hydrogen-bond donors (Lipinski definition) is 0. The lowest BCUT2D eigenvalue weighted by Crippen LogP contribution is -2.52. The Hall–Kier alpha value is -0.980. The van der Waals surface area contributed by atoms with Crippen LogP contribution >= 0.6 is 0 Å². The van der Waals surface area contributed by atoms with Gasteiger partial charge in [-0.3, -0.25) is 0 Å². The summed E-state index contributed by atoms with van der Waals surface area (Å²) < 4.78 is 39.3. The van der Waals surface area contributed by atoms with E-state index in [4.69, 9.17) is 0 Å². The third-order valence-corrected chi connectivity index (χ3v) is 5.54. The number of likely N-dealkylation sites (N-methyl/N-ethyl adjacent to an activating group) is 1. The van der Waals surface area contributed by atoms with Crippen LogP contribution in [-0.2, 0) is 10.0 Å². The van der Waals surface area contributed by atoms with Crippen LogP contribution in [0, 0.1) is 5.82 Å². The van der Waals surface area contributed by atoms with Gasteiger partial charge in [-0.1, -0.05) is 6.92 Å². The van der Waals surface area contributed by atoms with E-state index in [9.17, 15) is 12.8 Å². The average molecular weight is 286 g/mol. The molecule has 0 bridgehead atoms. The lowest BCUT2D eigenvalue weighted by Gasteiger charge is -2.38. The Morgan fingerprint density at radius 1 is 1.26 bits per heavy atom. The molecule has 1 aliphatic heterocycles. The second-order valence-electron chi connectivity index (χ2n) is 4.86. The lowest BCUT2D eigenvalue weighted by atomic mass is 10.1. The molecule has 1 aromatic carbocycles. The van der Waals surface area contributed by atoms with Crippen molar-refractivity contribution in [2.75, 3.05) is 26.7 Å². The van der Waals surface area contributed by atoms with Crippen LogP contribution in [0.4, 0.5) is 4.39 Å². The van der Waals surface area contributed by atoms with Crippen molar-refractivity contribution < 1.29 is 12.8 Å². The van der Waals surface area contributed by atoms with Crippen molar-refractivity contribution in [2.24, 2.45) is 0 Å². The molecule has 0 aromatic heterocycles. The van der Waals surface area contributed by atoms with Crippen molar-refractivity contribution in [3.8, 4) is 0 Å². The van der Waals surface area contributed by atoms with Crippen LogP contribution in [0.5, 0.6) is 0 Å². The molecule has 0 spiro atoms. The summed E-state index contributed by atoms with van der Waals surface area (Å²) in [5.74, 6) is -0.427. The van der Waals surface area contributed by atoms with E-state index in [2.05, 4.69) is 11.8 Å². The standard InChI is InChI=1S/C13H19FN2O2S/c1-3-12-10-16(9-8-15(12)2)19(17,18)13-6-4-11(14)5-7-13/h4-7,12H,3,8-10H2,1-2H3. The Labute approximate surface area is 113 Å². The maximum Gasteiger partial charge on any atom is 0.243 e. The first kappa shape index (κ1) is 14.4. The summed E-state index contributed by atoms with van der Waals surface area (Å²) in [6.07, 6.45) is 0.909. The minimum Gasteiger partial charge on any atom is -0.301 e. The maximum atomic E-state index is 12.9. The van der Waals surface area contributed by atoms with Gasteiger partial charge in [0, 0.05) is 25.7 Å². The maximum absolute atomic E-state index is 12.9. The molecule has 4 nitrogen and oxygen atoms in total. The van der Waals surface area contributed by atoms with E-state index in [1.165, 1.54) is 28.6 Å². The van der Waals surface area contributed by atoms with E-state index in [-0.39, 0.29) is 10.9 Å². The van der Waals surface area contributed by atoms with Crippen LogP contribution < -0.4 is 0 Å². The van der Waals surface area contributed by atoms with Crippen LogP contribution in [0.25, 0.3) is 0 Å². The van der Waals surface area contributed by atoms with Gasteiger partial charge in [-0.25, -0.2) is 12.8 Å². The molecule has 1 fully saturated rings. The summed E-state index contributed by atoms with van der Waals surface area (Å²) in [7, 11) is -1.50. The molecule has 1 unspecified atom stereocenters. The van der Waals surface area contributed by atoms with Crippen molar-refractivity contribution in [2.45, 2.75) is 24.3 Å². The van der Waals surface area contributed by atoms with E-state index < -0.39 is 15.8 Å². The van der Waals surface area contributed by atoms with E-state index in [0.29, 0.717) is 13.1 Å². The van der Waals surface area contributed by atoms with E-state index >= 15 is 0 Å². The SMILES string of the molecule is CCC1CN(S(=O)(=O)c2ccc(F)cc2)CCN1C. The molecule has 1 heterocycles. The van der Waals surface area contributed by atoms with Crippen molar-refractivity contribution in [1.29, 1.82) is 0 Å². The number of nitrogens with zero attached hydrogens (tertiary/aromatic N) is 2. The fourth-order valence-corrected chi connectivity index (χ4v) is 3.80. The predicted octanol–water partition coefficient (Wildman–Crippen LogP) is 1.54. The summed E-state index contributed by atoms with van der Waals surface area (Å²) in [4.78, 5) is 2.34. The zero-order valence-electron chi connectivity index (χ0n) is 11.2. The zero-order chi connectivity index (χ0) is 14.0. The Kier molecular flexibility index (Phi) is 4.23. The number of benzene rings is 1. The van der Waals surface area contributed by atoms with E-state index in [1.54, 1.807) is 0 Å². The molecule has 106 valence electrons. The highest BCUT2D eigenvalue weighted by molar-refractivity contribution is 7.89. The highest BCUT2D eigenvalue weighted by Gasteiger charge is 2.31. The summed E-state index contributed by atoms with van der Waals surface area (Å²) in [6.45, 7) is 3.74. The summed E-state index contributed by atoms with van der Waals surface area (Å²) >= 11 is 0. The van der Waals surface area contributed by atoms with Crippen LogP contribution in [-0.4, -0.2) is 50.3 Å². The molecule has 1 aromatic rings. The molecule has 1 aliphatic rings. The molecule has 0 aliphatic carbocycles. The number of rotatable bonds is 3. The molecule has 0 saturated carbocycles. The van der Waals surface area contributed by atoms with Crippen LogP contribution in [0.1, 0.15) is 13.3 Å². The third-order valence-electron chi connectivity index (χ3n) is 3.66. The van der Waals surface area contributed by atoms with Gasteiger partial charge in [0.15, 0.2) is 0 Å². The Bertz CT molecular complexity index is 530. The molecule has 0 radical (unpaired) electrons. The molecule has 0 N–H and O–H groups in total. The number of hydrogen-bond acceptors (Lipinski definition) is 3. The largest absolute Gasteiger partial charge is 0.301 e. The minimum absolute atomic E-state index is 0.160. The smallest absolute Gasteiger partial charge is 0.243 e. The number of halogens is 1. The molecule has 1 atom stereocenters. The molecule has 19 heavy (non-hydrogen) atoms. The van der Waals surface area contributed by atoms with E-state index in [0.717, 1.165) is 13.0 Å². The van der Waals surface area contributed by atoms with Crippen molar-refractivity contribution >= 4 is 10.0 Å². The monoisotopic (exact) mass is 286 g/mol. The fourth-order valence-electron chi connectivity index (χ4n) is 2.33. The van der Waals surface area contributed by atoms with Crippen molar-refractivity contribution in [3.05, 3.63) is 30.1 Å². The highest BCUT2D eigenvalue weighted by atomic mass is 32.2. The Morgan fingerprint density at radius 3 is 2.47 bits per heavy atom. The van der Waals surface area contributed by atoms with Gasteiger partial charge in [0.2, 0.25) is 10.0 Å². The fraction of sp³-hybridized carbons (Fsp3) is 0.538. The highest BCUT2D eigenvalue weighted by Crippen LogP contribution is 2.20. The van der Waals surface area contributed by atoms with Gasteiger partial charge in [-0.05, 0) is 37.7 Å². The molecular formula is C13H19FN2O2S. The summed E-state index contributed by atoms with van der Waals surface area (Å²) in [5.41, 5.74) is 0. The quantitative estimate of drug-likeness (QED) is 0.846. The molecular weight excluding hydrogens is 267 g/mol. The zero-order valence-corrected chi connectivity index (χ0v) is 12.0. The second-order valence-corrected chi connectivity index (χ2v) is 6.80. The number of sulfonamides is 1. The normalized spacial score (nSPS) is 22.6. The first-order chi connectivity index (χ1) is 8.95. The van der Waals surface area contributed by atoms with Crippen molar-refractivity contribution in [3.63, 3.8) is 0 Å². The number of piperazine rings is 1. The average Bonchev–Trinajstić information content (AvgIpc) is 2.39. The van der Waals surface area contributed by atoms with Gasteiger partial charge in [-0.15, -0.1) is 0 Å². The van der Waals surface area contributed by atoms with Gasteiger partial charge < -0.3 is 4.90 Å². The molecule has 0 amide bonds. The van der Waals surface area contributed by atoms with Crippen LogP contribution in [0.15, 0.2) is 29.2 Å². The second kappa shape index (κ2) is 5.56. The van der Waals surface area contributed by atoms with E-state index in [1.807, 2.05) is 7.05 Å². The third kappa shape index (κ3) is 2.96. The van der Waals surface area contributed by atoms with Gasteiger partial charge in [0.05, 0.1) is 4.90 Å². The van der Waals surface area contributed by atoms with Gasteiger partial charge in [0.25, 0.3) is 0 Å². The van der Waals surface area contributed by atoms with Crippen molar-refractivity contribution in [1.82, 2.24) is 9.21 Å². The van der Waals surface area contributed by atoms with Gasteiger partial charge in [0.1, 0.15) is 5.82 Å². The van der Waals surface area contributed by atoms with Crippen LogP contribution in [0.3, 0.4) is 0 Å². The molecule has 6 heteroatoms. The molecule has 1 saturated heterocycles. The summed E-state index contributed by atoms with van der Waals surface area (Å²) in [6, 6.07) is 5.25. The van der Waals surface area contributed by atoms with Gasteiger partial charge in [-0.2, -0.15) is 4.31 Å².